The molecule has 2 rings (SSSR count). The van der Waals surface area contributed by atoms with Crippen molar-refractivity contribution in [2.75, 3.05) is 6.61 Å². The van der Waals surface area contributed by atoms with Gasteiger partial charge in [0, 0.05) is 6.04 Å². The highest BCUT2D eigenvalue weighted by molar-refractivity contribution is 5.76. The van der Waals surface area contributed by atoms with E-state index in [1.54, 1.807) is 0 Å². The Morgan fingerprint density at radius 3 is 2.47 bits per heavy atom. The van der Waals surface area contributed by atoms with E-state index in [0.29, 0.717) is 19.1 Å². The van der Waals surface area contributed by atoms with E-state index in [0.717, 1.165) is 18.6 Å². The minimum absolute atomic E-state index is 0.108. The highest BCUT2D eigenvalue weighted by Gasteiger charge is 2.16. The molecule has 0 heterocycles. The molecule has 1 N–H and O–H groups in total. The van der Waals surface area contributed by atoms with Gasteiger partial charge in [0.15, 0.2) is 0 Å². The smallest absolute Gasteiger partial charge is 0.223 e. The number of amides is 1. The van der Waals surface area contributed by atoms with Crippen LogP contribution in [0.1, 0.15) is 43.2 Å². The largest absolute Gasteiger partial charge is 0.493 e. The molecular weight excluding hydrogens is 238 g/mol. The van der Waals surface area contributed by atoms with Crippen LogP contribution < -0.4 is 10.1 Å². The van der Waals surface area contributed by atoms with Gasteiger partial charge in [-0.15, -0.1) is 0 Å². The van der Waals surface area contributed by atoms with E-state index in [2.05, 4.69) is 11.4 Å². The summed E-state index contributed by atoms with van der Waals surface area (Å²) in [5, 5.41) is 3.07. The quantitative estimate of drug-likeness (QED) is 0.884. The van der Waals surface area contributed by atoms with Crippen LogP contribution in [0, 0.1) is 13.8 Å². The van der Waals surface area contributed by atoms with E-state index >= 15 is 0 Å². The van der Waals surface area contributed by atoms with Crippen molar-refractivity contribution in [3.05, 3.63) is 29.3 Å². The van der Waals surface area contributed by atoms with Crippen LogP contribution in [0.2, 0.25) is 0 Å². The fourth-order valence-corrected chi connectivity index (χ4v) is 2.65. The van der Waals surface area contributed by atoms with Crippen LogP contribution in [0.3, 0.4) is 0 Å². The number of carbonyl (C=O) groups is 1. The topological polar surface area (TPSA) is 38.3 Å². The lowest BCUT2D eigenvalue weighted by Crippen LogP contribution is -2.33. The van der Waals surface area contributed by atoms with Crippen molar-refractivity contribution in [3.63, 3.8) is 0 Å². The molecule has 3 nitrogen and oxygen atoms in total. The highest BCUT2D eigenvalue weighted by Crippen LogP contribution is 2.18. The number of benzene rings is 1. The molecule has 1 aromatic rings. The SMILES string of the molecule is Cc1cc(C)cc(OCCC(=O)NC2CCCC2)c1. The minimum Gasteiger partial charge on any atom is -0.493 e. The normalized spacial score (nSPS) is 15.5. The molecule has 0 aromatic heterocycles. The molecule has 1 aromatic carbocycles. The number of hydrogen-bond acceptors (Lipinski definition) is 2. The zero-order chi connectivity index (χ0) is 13.7. The summed E-state index contributed by atoms with van der Waals surface area (Å²) in [7, 11) is 0. The summed E-state index contributed by atoms with van der Waals surface area (Å²) in [5.41, 5.74) is 2.37. The predicted octanol–water partition coefficient (Wildman–Crippen LogP) is 3.13. The van der Waals surface area contributed by atoms with E-state index in [9.17, 15) is 4.79 Å². The number of carbonyl (C=O) groups excluding carboxylic acids is 1. The first kappa shape index (κ1) is 13.9. The Morgan fingerprint density at radius 1 is 1.21 bits per heavy atom. The van der Waals surface area contributed by atoms with E-state index in [1.165, 1.54) is 24.0 Å². The van der Waals surface area contributed by atoms with Crippen molar-refractivity contribution >= 4 is 5.91 Å². The molecule has 0 atom stereocenters. The van der Waals surface area contributed by atoms with Gasteiger partial charge in [-0.3, -0.25) is 4.79 Å². The maximum absolute atomic E-state index is 11.7. The molecule has 1 fully saturated rings. The average molecular weight is 261 g/mol. The summed E-state index contributed by atoms with van der Waals surface area (Å²) in [6, 6.07) is 6.51. The second kappa shape index (κ2) is 6.60. The Labute approximate surface area is 115 Å². The Kier molecular flexibility index (Phi) is 4.83. The zero-order valence-corrected chi connectivity index (χ0v) is 11.9. The molecule has 1 amide bonds. The maximum atomic E-state index is 11.7. The lowest BCUT2D eigenvalue weighted by atomic mass is 10.1. The van der Waals surface area contributed by atoms with Crippen LogP contribution in [0.4, 0.5) is 0 Å². The van der Waals surface area contributed by atoms with Crippen LogP contribution >= 0.6 is 0 Å². The van der Waals surface area contributed by atoms with Gasteiger partial charge in [0.25, 0.3) is 0 Å². The molecule has 0 radical (unpaired) electrons. The lowest BCUT2D eigenvalue weighted by Gasteiger charge is -2.12. The molecule has 0 unspecified atom stereocenters. The molecule has 1 saturated carbocycles. The Hall–Kier alpha value is -1.51. The lowest BCUT2D eigenvalue weighted by molar-refractivity contribution is -0.122. The van der Waals surface area contributed by atoms with Gasteiger partial charge >= 0.3 is 0 Å². The second-order valence-electron chi connectivity index (χ2n) is 5.47. The number of hydrogen-bond donors (Lipinski definition) is 1. The Balaban J connectivity index is 1.71. The van der Waals surface area contributed by atoms with Crippen LogP contribution in [-0.2, 0) is 4.79 Å². The summed E-state index contributed by atoms with van der Waals surface area (Å²) in [6.45, 7) is 4.54. The summed E-state index contributed by atoms with van der Waals surface area (Å²) in [4.78, 5) is 11.7. The van der Waals surface area contributed by atoms with Gasteiger partial charge in [-0.2, -0.15) is 0 Å². The third kappa shape index (κ3) is 4.58. The van der Waals surface area contributed by atoms with Crippen molar-refractivity contribution in [2.45, 2.75) is 52.0 Å². The van der Waals surface area contributed by atoms with Gasteiger partial charge in [0.1, 0.15) is 5.75 Å². The van der Waals surface area contributed by atoms with Crippen molar-refractivity contribution in [3.8, 4) is 5.75 Å². The summed E-state index contributed by atoms with van der Waals surface area (Å²) >= 11 is 0. The predicted molar refractivity (Wildman–Crippen MR) is 76.4 cm³/mol. The highest BCUT2D eigenvalue weighted by atomic mass is 16.5. The van der Waals surface area contributed by atoms with E-state index in [-0.39, 0.29) is 5.91 Å². The first-order valence-electron chi connectivity index (χ1n) is 7.14. The third-order valence-corrected chi connectivity index (χ3v) is 3.51. The van der Waals surface area contributed by atoms with Gasteiger partial charge < -0.3 is 10.1 Å². The van der Waals surface area contributed by atoms with E-state index in [4.69, 9.17) is 4.74 Å². The standard InChI is InChI=1S/C16H23NO2/c1-12-9-13(2)11-15(10-12)19-8-7-16(18)17-14-5-3-4-6-14/h9-11,14H,3-8H2,1-2H3,(H,17,18). The van der Waals surface area contributed by atoms with Gasteiger partial charge in [-0.05, 0) is 49.9 Å². The minimum atomic E-state index is 0.108. The van der Waals surface area contributed by atoms with Crippen LogP contribution in [-0.4, -0.2) is 18.6 Å². The Morgan fingerprint density at radius 2 is 1.84 bits per heavy atom. The van der Waals surface area contributed by atoms with Crippen molar-refractivity contribution in [1.82, 2.24) is 5.32 Å². The third-order valence-electron chi connectivity index (χ3n) is 3.51. The van der Waals surface area contributed by atoms with Gasteiger partial charge in [-0.1, -0.05) is 18.9 Å². The number of nitrogens with one attached hydrogen (secondary N) is 1. The van der Waals surface area contributed by atoms with Crippen molar-refractivity contribution < 1.29 is 9.53 Å². The molecule has 0 saturated heterocycles. The van der Waals surface area contributed by atoms with E-state index < -0.39 is 0 Å². The fourth-order valence-electron chi connectivity index (χ4n) is 2.65. The molecule has 104 valence electrons. The van der Waals surface area contributed by atoms with Crippen LogP contribution in [0.25, 0.3) is 0 Å². The number of ether oxygens (including phenoxy) is 1. The fraction of sp³-hybridized carbons (Fsp3) is 0.562. The van der Waals surface area contributed by atoms with Crippen LogP contribution in [0.5, 0.6) is 5.75 Å². The van der Waals surface area contributed by atoms with Gasteiger partial charge in [-0.25, -0.2) is 0 Å². The first-order valence-corrected chi connectivity index (χ1v) is 7.14. The summed E-state index contributed by atoms with van der Waals surface area (Å²) in [5.74, 6) is 0.961. The summed E-state index contributed by atoms with van der Waals surface area (Å²) < 4.78 is 5.64. The van der Waals surface area contributed by atoms with Crippen molar-refractivity contribution in [2.24, 2.45) is 0 Å². The molecule has 19 heavy (non-hydrogen) atoms. The summed E-state index contributed by atoms with van der Waals surface area (Å²) in [6.07, 6.45) is 5.17. The number of rotatable bonds is 5. The molecule has 1 aliphatic rings. The Bertz CT molecular complexity index is 416. The molecule has 0 spiro atoms. The van der Waals surface area contributed by atoms with Gasteiger partial charge in [0.2, 0.25) is 5.91 Å². The maximum Gasteiger partial charge on any atom is 0.223 e. The van der Waals surface area contributed by atoms with Crippen LogP contribution in [0.15, 0.2) is 18.2 Å². The first-order chi connectivity index (χ1) is 9.13. The van der Waals surface area contributed by atoms with E-state index in [1.807, 2.05) is 26.0 Å². The second-order valence-corrected chi connectivity index (χ2v) is 5.47. The molecule has 0 aliphatic heterocycles. The van der Waals surface area contributed by atoms with Crippen molar-refractivity contribution in [1.29, 1.82) is 0 Å². The molecular formula is C16H23NO2. The zero-order valence-electron chi connectivity index (χ0n) is 11.9. The molecule has 0 bridgehead atoms. The molecule has 1 aliphatic carbocycles. The van der Waals surface area contributed by atoms with Gasteiger partial charge in [0.05, 0.1) is 13.0 Å². The number of aryl methyl sites for hydroxylation is 2. The molecule has 3 heteroatoms. The monoisotopic (exact) mass is 261 g/mol. The average Bonchev–Trinajstić information content (AvgIpc) is 2.80.